The van der Waals surface area contributed by atoms with Crippen molar-refractivity contribution in [2.75, 3.05) is 0 Å². The fourth-order valence-electron chi connectivity index (χ4n) is 0.531. The van der Waals surface area contributed by atoms with E-state index in [0.717, 1.165) is 0 Å². The van der Waals surface area contributed by atoms with Gasteiger partial charge in [-0.15, -0.1) is 0 Å². The largest absolute Gasteiger partial charge is 0.375 e. The number of hydrazone groups is 1. The zero-order valence-electron chi connectivity index (χ0n) is 6.14. The van der Waals surface area contributed by atoms with Gasteiger partial charge >= 0.3 is 0 Å². The van der Waals surface area contributed by atoms with E-state index < -0.39 is 0 Å². The zero-order valence-corrected chi connectivity index (χ0v) is 6.95. The predicted molar refractivity (Wildman–Crippen MR) is 49.5 cm³/mol. The number of hydrogen-bond acceptors (Lipinski definition) is 4. The van der Waals surface area contributed by atoms with Gasteiger partial charge in [0, 0.05) is 12.4 Å². The molecule has 0 unspecified atom stereocenters. The minimum atomic E-state index is 0.113. The van der Waals surface area contributed by atoms with Crippen LogP contribution >= 0.6 is 12.2 Å². The van der Waals surface area contributed by atoms with Crippen LogP contribution in [0.25, 0.3) is 0 Å². The molecule has 0 aliphatic heterocycles. The summed E-state index contributed by atoms with van der Waals surface area (Å²) in [5.41, 5.74) is 7.52. The molecule has 0 aliphatic rings. The number of thiocarbonyl (C=S) groups is 1. The van der Waals surface area contributed by atoms with Gasteiger partial charge in [0.2, 0.25) is 0 Å². The minimum Gasteiger partial charge on any atom is -0.375 e. The molecule has 0 radical (unpaired) electrons. The Balaban J connectivity index is 2.52. The average molecular weight is 181 g/mol. The van der Waals surface area contributed by atoms with Crippen LogP contribution in [0.1, 0.15) is 5.82 Å². The summed E-state index contributed by atoms with van der Waals surface area (Å²) in [6, 6.07) is 1.72. The molecule has 3 N–H and O–H groups in total. The zero-order chi connectivity index (χ0) is 8.81. The Kier molecular flexibility index (Phi) is 3.09. The molecule has 0 saturated carbocycles. The molecule has 1 aromatic rings. The first kappa shape index (κ1) is 8.54. The molecule has 5 nitrogen and oxygen atoms in total. The smallest absolute Gasteiger partial charge is 0.184 e. The molecule has 1 aromatic heterocycles. The Hall–Kier alpha value is -1.56. The summed E-state index contributed by atoms with van der Waals surface area (Å²) in [6.45, 7) is 0. The van der Waals surface area contributed by atoms with Crippen molar-refractivity contribution in [2.24, 2.45) is 10.8 Å². The summed E-state index contributed by atoms with van der Waals surface area (Å²) in [6.07, 6.45) is 4.67. The molecule has 0 fully saturated rings. The van der Waals surface area contributed by atoms with Crippen LogP contribution in [0.2, 0.25) is 0 Å². The highest BCUT2D eigenvalue weighted by Gasteiger charge is 1.85. The van der Waals surface area contributed by atoms with Gasteiger partial charge < -0.3 is 5.73 Å². The minimum absolute atomic E-state index is 0.113. The molecule has 62 valence electrons. The maximum absolute atomic E-state index is 5.12. The summed E-state index contributed by atoms with van der Waals surface area (Å²) in [7, 11) is 0. The number of nitrogens with two attached hydrogens (primary N) is 1. The second-order valence-electron chi connectivity index (χ2n) is 1.84. The number of nitrogens with zero attached hydrogens (tertiary/aromatic N) is 3. The third-order valence-electron chi connectivity index (χ3n) is 0.941. The van der Waals surface area contributed by atoms with E-state index in [1.807, 2.05) is 0 Å². The van der Waals surface area contributed by atoms with Gasteiger partial charge in [-0.2, -0.15) is 5.10 Å². The predicted octanol–water partition coefficient (Wildman–Crippen LogP) is -0.356. The Bertz CT molecular complexity index is 283. The normalized spacial score (nSPS) is 10.0. The van der Waals surface area contributed by atoms with Crippen molar-refractivity contribution in [3.63, 3.8) is 0 Å². The van der Waals surface area contributed by atoms with Gasteiger partial charge in [-0.3, -0.25) is 5.43 Å². The first-order chi connectivity index (χ1) is 5.79. The van der Waals surface area contributed by atoms with Crippen molar-refractivity contribution in [3.8, 4) is 0 Å². The van der Waals surface area contributed by atoms with Crippen LogP contribution in [0.3, 0.4) is 0 Å². The van der Waals surface area contributed by atoms with Crippen LogP contribution in [-0.2, 0) is 0 Å². The molecule has 12 heavy (non-hydrogen) atoms. The lowest BCUT2D eigenvalue weighted by Crippen LogP contribution is -2.24. The number of nitrogens with one attached hydrogen (secondary N) is 1. The van der Waals surface area contributed by atoms with Gasteiger partial charge in [0.1, 0.15) is 0 Å². The fraction of sp³-hybridized carbons (Fsp3) is 0. The SMILES string of the molecule is NC(=S)NN=Cc1ncccn1. The van der Waals surface area contributed by atoms with E-state index in [1.165, 1.54) is 6.21 Å². The van der Waals surface area contributed by atoms with E-state index in [9.17, 15) is 0 Å². The van der Waals surface area contributed by atoms with E-state index in [2.05, 4.69) is 32.7 Å². The number of rotatable bonds is 2. The van der Waals surface area contributed by atoms with E-state index >= 15 is 0 Å². The maximum Gasteiger partial charge on any atom is 0.184 e. The van der Waals surface area contributed by atoms with Gasteiger partial charge in [-0.25, -0.2) is 9.97 Å². The Morgan fingerprint density at radius 2 is 2.25 bits per heavy atom. The van der Waals surface area contributed by atoms with Crippen LogP contribution in [-0.4, -0.2) is 21.3 Å². The Labute approximate surface area is 74.7 Å². The van der Waals surface area contributed by atoms with E-state index in [0.29, 0.717) is 5.82 Å². The molecule has 0 aliphatic carbocycles. The number of aromatic nitrogens is 2. The van der Waals surface area contributed by atoms with Crippen LogP contribution in [0.15, 0.2) is 23.6 Å². The lowest BCUT2D eigenvalue weighted by Gasteiger charge is -1.92. The van der Waals surface area contributed by atoms with Crippen molar-refractivity contribution in [1.82, 2.24) is 15.4 Å². The molecule has 6 heteroatoms. The first-order valence-electron chi connectivity index (χ1n) is 3.14. The molecule has 0 amide bonds. The lowest BCUT2D eigenvalue weighted by atomic mass is 10.6. The Morgan fingerprint density at radius 3 is 2.83 bits per heavy atom. The summed E-state index contributed by atoms with van der Waals surface area (Å²) in [5.74, 6) is 0.501. The van der Waals surface area contributed by atoms with Crippen LogP contribution in [0, 0.1) is 0 Å². The highest BCUT2D eigenvalue weighted by Crippen LogP contribution is 1.80. The van der Waals surface area contributed by atoms with Gasteiger partial charge in [-0.05, 0) is 18.3 Å². The van der Waals surface area contributed by atoms with Crippen LogP contribution in [0.5, 0.6) is 0 Å². The van der Waals surface area contributed by atoms with Crippen molar-refractivity contribution < 1.29 is 0 Å². The first-order valence-corrected chi connectivity index (χ1v) is 3.55. The highest BCUT2D eigenvalue weighted by molar-refractivity contribution is 7.80. The van der Waals surface area contributed by atoms with Gasteiger partial charge in [0.15, 0.2) is 10.9 Å². The fourth-order valence-corrected chi connectivity index (χ4v) is 0.584. The molecule has 1 rings (SSSR count). The van der Waals surface area contributed by atoms with Gasteiger partial charge in [0.25, 0.3) is 0 Å². The topological polar surface area (TPSA) is 76.2 Å². The standard InChI is InChI=1S/C6H7N5S/c7-6(12)11-10-4-5-8-2-1-3-9-5/h1-4H,(H3,7,11,12). The summed E-state index contributed by atoms with van der Waals surface area (Å²) >= 11 is 4.52. The monoisotopic (exact) mass is 181 g/mol. The van der Waals surface area contributed by atoms with Crippen molar-refractivity contribution >= 4 is 23.5 Å². The van der Waals surface area contributed by atoms with Crippen molar-refractivity contribution in [1.29, 1.82) is 0 Å². The molecular weight excluding hydrogens is 174 g/mol. The highest BCUT2D eigenvalue weighted by atomic mass is 32.1. The van der Waals surface area contributed by atoms with E-state index in [1.54, 1.807) is 18.5 Å². The molecule has 1 heterocycles. The molecule has 0 atom stereocenters. The molecule has 0 aromatic carbocycles. The average Bonchev–Trinajstić information content (AvgIpc) is 2.05. The third-order valence-corrected chi connectivity index (χ3v) is 1.03. The van der Waals surface area contributed by atoms with E-state index in [4.69, 9.17) is 5.73 Å². The van der Waals surface area contributed by atoms with Crippen LogP contribution in [0.4, 0.5) is 0 Å². The van der Waals surface area contributed by atoms with Gasteiger partial charge in [-0.1, -0.05) is 0 Å². The third kappa shape index (κ3) is 3.02. The lowest BCUT2D eigenvalue weighted by molar-refractivity contribution is 1.03. The van der Waals surface area contributed by atoms with Crippen molar-refractivity contribution in [2.45, 2.75) is 0 Å². The van der Waals surface area contributed by atoms with Crippen molar-refractivity contribution in [3.05, 3.63) is 24.3 Å². The summed E-state index contributed by atoms with van der Waals surface area (Å²) < 4.78 is 0. The molecular formula is C6H7N5S. The van der Waals surface area contributed by atoms with Gasteiger partial charge in [0.05, 0.1) is 6.21 Å². The Morgan fingerprint density at radius 1 is 1.58 bits per heavy atom. The molecule has 0 bridgehead atoms. The summed E-state index contributed by atoms with van der Waals surface area (Å²) in [5, 5.41) is 3.79. The molecule has 0 saturated heterocycles. The second kappa shape index (κ2) is 4.35. The maximum atomic E-state index is 5.12. The molecule has 0 spiro atoms. The van der Waals surface area contributed by atoms with Crippen LogP contribution < -0.4 is 11.2 Å². The number of hydrogen-bond donors (Lipinski definition) is 2. The summed E-state index contributed by atoms with van der Waals surface area (Å²) in [4.78, 5) is 7.78. The quantitative estimate of drug-likeness (QED) is 0.370. The van der Waals surface area contributed by atoms with E-state index in [-0.39, 0.29) is 5.11 Å². The second-order valence-corrected chi connectivity index (χ2v) is 2.28.